The zero-order valence-corrected chi connectivity index (χ0v) is 29.1. The van der Waals surface area contributed by atoms with Crippen molar-refractivity contribution in [1.29, 1.82) is 0 Å². The monoisotopic (exact) mass is 727 g/mol. The van der Waals surface area contributed by atoms with Gasteiger partial charge in [-0.1, -0.05) is 36.4 Å². The molecule has 0 N–H and O–H groups in total. The summed E-state index contributed by atoms with van der Waals surface area (Å²) in [5, 5.41) is 25.0. The molecule has 1 saturated heterocycles. The zero-order valence-electron chi connectivity index (χ0n) is 26.9. The number of likely N-dealkylation sites (N-methyl/N-ethyl adjacent to an activating group) is 1. The first-order valence-corrected chi connectivity index (χ1v) is 17.3. The van der Waals surface area contributed by atoms with E-state index in [9.17, 15) is 0 Å². The van der Waals surface area contributed by atoms with Crippen LogP contribution in [0.4, 0.5) is 0 Å². The van der Waals surface area contributed by atoms with Gasteiger partial charge in [-0.05, 0) is 132 Å². The number of rotatable bonds is 8. The Labute approximate surface area is 288 Å². The summed E-state index contributed by atoms with van der Waals surface area (Å²) in [5.74, 6) is 0.950. The van der Waals surface area contributed by atoms with Gasteiger partial charge in [0.25, 0.3) is 0 Å². The van der Waals surface area contributed by atoms with Gasteiger partial charge in [-0.15, -0.1) is 0 Å². The van der Waals surface area contributed by atoms with Gasteiger partial charge in [0.2, 0.25) is 0 Å². The summed E-state index contributed by atoms with van der Waals surface area (Å²) in [5.41, 5.74) is 9.48. The molecule has 4 nitrogen and oxygen atoms in total. The second-order valence-corrected chi connectivity index (χ2v) is 15.8. The average Bonchev–Trinajstić information content (AvgIpc) is 3.82. The van der Waals surface area contributed by atoms with Gasteiger partial charge in [-0.25, -0.2) is 0 Å². The SMILES string of the molecule is COCCOCCOCC1C2c3cc4c5c6c(cc7ccc8cc9c%10c%11c(cc(c%12c3c5c(c%12%11)c3c%10c8c7c63)C2C[N+]1(C)C)C9)C4.[I-]. The summed E-state index contributed by atoms with van der Waals surface area (Å²) in [6.07, 6.45) is 2.12. The number of likely N-dealkylation sites (tertiary alicyclic amines) is 1. The van der Waals surface area contributed by atoms with Crippen LogP contribution in [0.5, 0.6) is 0 Å². The van der Waals surface area contributed by atoms with E-state index in [-0.39, 0.29) is 24.0 Å². The standard InChI is InChI=1S/C42H34NO3.HI/c1-43(2)16-26-24-14-22-12-20-10-18-4-5-19-11-21-13-23-15-25(34(26)27(43)17-46-9-8-45-7-6-44-3)36-35(24)39-32(22)30(20)37-28(18)29(19)38-31(21)33(23)40(36)42(39)41(37)38;/h4-5,10-11,14-15,26-27,34H,6-9,12-13,16-17H2,1-3H3;1H/q+1;/p-1. The zero-order chi connectivity index (χ0) is 30.0. The van der Waals surface area contributed by atoms with Crippen LogP contribution in [0.25, 0.3) is 86.2 Å². The molecule has 232 valence electrons. The van der Waals surface area contributed by atoms with Crippen molar-refractivity contribution in [3.8, 4) is 0 Å². The van der Waals surface area contributed by atoms with Gasteiger partial charge in [0.05, 0.1) is 59.6 Å². The Bertz CT molecular complexity index is 2760. The number of hydrogen-bond donors (Lipinski definition) is 0. The summed E-state index contributed by atoms with van der Waals surface area (Å²) in [6, 6.07) is 15.7. The third-order valence-electron chi connectivity index (χ3n) is 13.5. The number of methoxy groups -OCH3 is 1. The molecule has 0 radical (unpaired) electrons. The second-order valence-electron chi connectivity index (χ2n) is 15.8. The second kappa shape index (κ2) is 8.38. The van der Waals surface area contributed by atoms with E-state index in [1.54, 1.807) is 105 Å². The van der Waals surface area contributed by atoms with E-state index in [0.29, 0.717) is 44.3 Å². The maximum atomic E-state index is 6.47. The van der Waals surface area contributed by atoms with Gasteiger partial charge >= 0.3 is 0 Å². The Morgan fingerprint density at radius 3 is 1.68 bits per heavy atom. The summed E-state index contributed by atoms with van der Waals surface area (Å²) < 4.78 is 18.4. The molecular formula is C42H34INO3. The Kier molecular flexibility index (Phi) is 4.78. The largest absolute Gasteiger partial charge is 1.00 e. The normalized spacial score (nSPS) is 22.1. The van der Waals surface area contributed by atoms with E-state index in [0.717, 1.165) is 30.5 Å². The first-order chi connectivity index (χ1) is 22.5. The summed E-state index contributed by atoms with van der Waals surface area (Å²) in [4.78, 5) is 0. The van der Waals surface area contributed by atoms with Crippen LogP contribution < -0.4 is 24.0 Å². The molecule has 5 heteroatoms. The van der Waals surface area contributed by atoms with Crippen molar-refractivity contribution in [3.63, 3.8) is 0 Å². The van der Waals surface area contributed by atoms with Crippen LogP contribution in [0.2, 0.25) is 0 Å². The highest BCUT2D eigenvalue weighted by atomic mass is 127. The van der Waals surface area contributed by atoms with Crippen LogP contribution >= 0.6 is 0 Å². The van der Waals surface area contributed by atoms with Gasteiger partial charge in [-0.2, -0.15) is 0 Å². The van der Waals surface area contributed by atoms with Crippen LogP contribution in [0.15, 0.2) is 36.4 Å². The molecule has 0 saturated carbocycles. The molecule has 47 heavy (non-hydrogen) atoms. The smallest absolute Gasteiger partial charge is 0.120 e. The fraction of sp³-hybridized carbons (Fsp3) is 0.333. The fourth-order valence-corrected chi connectivity index (χ4v) is 12.0. The number of quaternary nitrogens is 1. The van der Waals surface area contributed by atoms with Gasteiger partial charge in [0.1, 0.15) is 6.04 Å². The lowest BCUT2D eigenvalue weighted by molar-refractivity contribution is -0.903. The molecule has 3 atom stereocenters. The Hall–Kier alpha value is -3.07. The third kappa shape index (κ3) is 2.74. The van der Waals surface area contributed by atoms with Crippen LogP contribution in [0.1, 0.15) is 45.2 Å². The van der Waals surface area contributed by atoms with E-state index >= 15 is 0 Å². The number of benzene rings is 7. The summed E-state index contributed by atoms with van der Waals surface area (Å²) in [7, 11) is 6.62. The van der Waals surface area contributed by atoms with Gasteiger partial charge in [0, 0.05) is 13.0 Å². The lowest BCUT2D eigenvalue weighted by atomic mass is 9.72. The van der Waals surface area contributed by atoms with E-state index in [1.807, 2.05) is 0 Å². The molecule has 9 aromatic carbocycles. The average molecular weight is 728 g/mol. The highest BCUT2D eigenvalue weighted by Gasteiger charge is 2.54. The summed E-state index contributed by atoms with van der Waals surface area (Å²) in [6.45, 7) is 4.41. The van der Waals surface area contributed by atoms with E-state index in [2.05, 4.69) is 50.5 Å². The molecule has 0 spiro atoms. The topological polar surface area (TPSA) is 27.7 Å². The first kappa shape index (κ1) is 26.8. The van der Waals surface area contributed by atoms with Crippen molar-refractivity contribution in [2.24, 2.45) is 0 Å². The maximum Gasteiger partial charge on any atom is 0.120 e. The van der Waals surface area contributed by atoms with Crippen LogP contribution in [-0.4, -0.2) is 71.3 Å². The molecule has 13 rings (SSSR count). The number of ether oxygens (including phenoxy) is 3. The Morgan fingerprint density at radius 1 is 0.574 bits per heavy atom. The molecule has 4 aliphatic rings. The number of nitrogens with zero attached hydrogens (tertiary/aromatic N) is 1. The van der Waals surface area contributed by atoms with Crippen molar-refractivity contribution in [2.45, 2.75) is 30.7 Å². The van der Waals surface area contributed by atoms with Gasteiger partial charge in [-0.3, -0.25) is 0 Å². The third-order valence-corrected chi connectivity index (χ3v) is 13.5. The van der Waals surface area contributed by atoms with E-state index < -0.39 is 0 Å². The van der Waals surface area contributed by atoms with Crippen molar-refractivity contribution in [3.05, 3.63) is 69.8 Å². The molecule has 0 bridgehead atoms. The van der Waals surface area contributed by atoms with Crippen molar-refractivity contribution in [1.82, 2.24) is 0 Å². The minimum absolute atomic E-state index is 0. The number of hydrogen-bond acceptors (Lipinski definition) is 3. The highest BCUT2D eigenvalue weighted by Crippen LogP contribution is 2.66. The first-order valence-electron chi connectivity index (χ1n) is 17.3. The quantitative estimate of drug-likeness (QED) is 0.0930. The maximum absolute atomic E-state index is 6.47. The fourth-order valence-electron chi connectivity index (χ4n) is 12.0. The minimum Gasteiger partial charge on any atom is -1.00 e. The summed E-state index contributed by atoms with van der Waals surface area (Å²) >= 11 is 0. The van der Waals surface area contributed by atoms with E-state index in [4.69, 9.17) is 14.2 Å². The number of halogens is 1. The molecule has 1 heterocycles. The molecule has 0 aromatic heterocycles. The molecule has 9 aromatic rings. The van der Waals surface area contributed by atoms with Crippen LogP contribution in [0.3, 0.4) is 0 Å². The Balaban J connectivity index is 0.00000259. The van der Waals surface area contributed by atoms with Crippen LogP contribution in [0, 0.1) is 0 Å². The highest BCUT2D eigenvalue weighted by molar-refractivity contribution is 6.58. The van der Waals surface area contributed by atoms with Gasteiger partial charge in [0.15, 0.2) is 0 Å². The lowest BCUT2D eigenvalue weighted by Gasteiger charge is -2.34. The van der Waals surface area contributed by atoms with Crippen molar-refractivity contribution >= 4 is 86.2 Å². The predicted octanol–water partition coefficient (Wildman–Crippen LogP) is 5.23. The molecule has 3 unspecified atom stereocenters. The molecule has 3 aliphatic carbocycles. The number of fused-ring (bicyclic) bond motifs is 3. The molecular weight excluding hydrogens is 693 g/mol. The van der Waals surface area contributed by atoms with Crippen molar-refractivity contribution in [2.75, 3.05) is 60.8 Å². The molecule has 1 fully saturated rings. The van der Waals surface area contributed by atoms with Crippen LogP contribution in [-0.2, 0) is 27.1 Å². The molecule has 1 aliphatic heterocycles. The minimum atomic E-state index is 0. The molecule has 0 amide bonds. The van der Waals surface area contributed by atoms with Crippen molar-refractivity contribution < 1.29 is 42.7 Å². The lowest BCUT2D eigenvalue weighted by Crippen LogP contribution is -3.00. The van der Waals surface area contributed by atoms with Gasteiger partial charge < -0.3 is 42.7 Å². The predicted molar refractivity (Wildman–Crippen MR) is 188 cm³/mol. The Morgan fingerprint density at radius 2 is 1.06 bits per heavy atom. The van der Waals surface area contributed by atoms with E-state index in [1.165, 1.54) is 21.5 Å².